The lowest BCUT2D eigenvalue weighted by Gasteiger charge is -2.45. The second kappa shape index (κ2) is 46.6. The summed E-state index contributed by atoms with van der Waals surface area (Å²) < 4.78 is 62.7. The van der Waals surface area contributed by atoms with Crippen molar-refractivity contribution >= 4 is 243 Å². The molecule has 7 aromatic rings. The van der Waals surface area contributed by atoms with Crippen LogP contribution in [0.4, 0.5) is 11.4 Å². The van der Waals surface area contributed by atoms with Gasteiger partial charge < -0.3 is 73.4 Å². The fourth-order valence-electron chi connectivity index (χ4n) is 10.6. The van der Waals surface area contributed by atoms with Crippen LogP contribution in [0.3, 0.4) is 0 Å². The molecule has 114 heavy (non-hydrogen) atoms. The zero-order valence-electron chi connectivity index (χ0n) is 66.4. The average Bonchev–Trinajstić information content (AvgIpc) is 1.75. The number of nitrogens with two attached hydrogens (primary N) is 1. The van der Waals surface area contributed by atoms with E-state index in [-0.39, 0.29) is 68.3 Å². The maximum atomic E-state index is 12.9. The molecule has 23 nitrogen and oxygen atoms in total. The number of esters is 8. The minimum Gasteiger partial charge on any atom is -0.505 e. The van der Waals surface area contributed by atoms with Gasteiger partial charge in [-0.15, -0.1) is 56.7 Å². The number of thiophene rings is 5. The van der Waals surface area contributed by atoms with E-state index in [1.165, 1.54) is 47.5 Å². The van der Waals surface area contributed by atoms with Crippen LogP contribution in [0.25, 0.3) is 20.9 Å². The van der Waals surface area contributed by atoms with Gasteiger partial charge in [0.1, 0.15) is 16.8 Å². The van der Waals surface area contributed by atoms with Gasteiger partial charge in [0.05, 0.1) is 77.0 Å². The Morgan fingerprint density at radius 2 is 0.772 bits per heavy atom. The van der Waals surface area contributed by atoms with Crippen LogP contribution in [0.1, 0.15) is 211 Å². The average molecular weight is 2200 g/mol. The first-order chi connectivity index (χ1) is 53.0. The molecule has 0 amide bonds. The monoisotopic (exact) mass is 2190 g/mol. The van der Waals surface area contributed by atoms with Crippen LogP contribution in [-0.4, -0.2) is 134 Å². The summed E-state index contributed by atoms with van der Waals surface area (Å²) in [5.74, 6) is -3.31. The number of benzene rings is 2. The zero-order valence-corrected chi connectivity index (χ0v) is 83.2. The molecule has 1 fully saturated rings. The van der Waals surface area contributed by atoms with Gasteiger partial charge in [-0.2, -0.15) is 0 Å². The van der Waals surface area contributed by atoms with Crippen molar-refractivity contribution in [3.8, 4) is 49.6 Å². The van der Waals surface area contributed by atoms with Crippen molar-refractivity contribution < 1.29 is 101 Å². The number of hydrogen-bond acceptors (Lipinski definition) is 28. The second-order valence-corrected chi connectivity index (χ2v) is 42.5. The summed E-state index contributed by atoms with van der Waals surface area (Å²) in [6.45, 7) is 33.5. The highest BCUT2D eigenvalue weighted by molar-refractivity contribution is 9.14. The van der Waals surface area contributed by atoms with Crippen LogP contribution in [0, 0.1) is 10.8 Å². The van der Waals surface area contributed by atoms with Crippen LogP contribution in [0.5, 0.6) is 28.7 Å². The molecule has 2 aromatic carbocycles. The largest absolute Gasteiger partial charge is 0.505 e. The fraction of sp³-hybridized carbons (Fsp3) is 0.487. The van der Waals surface area contributed by atoms with E-state index in [4.69, 9.17) is 53.1 Å². The molecule has 1 aliphatic carbocycles. The maximum absolute atomic E-state index is 12.9. The second-order valence-electron chi connectivity index (χ2n) is 29.5. The van der Waals surface area contributed by atoms with Crippen molar-refractivity contribution in [1.29, 1.82) is 0 Å². The van der Waals surface area contributed by atoms with E-state index < -0.39 is 64.6 Å². The van der Waals surface area contributed by atoms with E-state index in [1.54, 1.807) is 74.4 Å². The summed E-state index contributed by atoms with van der Waals surface area (Å²) in [7, 11) is 1.27. The molecular weight excluding hydrogens is 2100 g/mol. The van der Waals surface area contributed by atoms with Gasteiger partial charge in [0.25, 0.3) is 0 Å². The number of anilines is 2. The van der Waals surface area contributed by atoms with Crippen molar-refractivity contribution in [1.82, 2.24) is 0 Å². The summed E-state index contributed by atoms with van der Waals surface area (Å²) in [6, 6.07) is 15.9. The fourth-order valence-corrected chi connectivity index (χ4v) is 20.5. The summed E-state index contributed by atoms with van der Waals surface area (Å²) in [4.78, 5) is 98.7. The third-order valence-corrected chi connectivity index (χ3v) is 28.9. The van der Waals surface area contributed by atoms with Crippen molar-refractivity contribution in [3.05, 3.63) is 107 Å². The molecular formula is C78H96Br8N2O21S5. The number of carbonyl (C=O) groups is 8. The molecule has 0 spiro atoms. The van der Waals surface area contributed by atoms with Gasteiger partial charge in [0, 0.05) is 17.4 Å². The van der Waals surface area contributed by atoms with Crippen molar-refractivity contribution in [2.24, 2.45) is 10.8 Å². The molecule has 8 rings (SSSR count). The smallest absolute Gasteiger partial charge is 0.352 e. The first-order valence-electron chi connectivity index (χ1n) is 35.5. The van der Waals surface area contributed by atoms with E-state index in [2.05, 4.69) is 177 Å². The third kappa shape index (κ3) is 33.0. The topological polar surface area (TPSA) is 317 Å². The number of methoxy groups -OCH3 is 1. The number of hydrogen-bond donors (Lipinski definition) is 4. The van der Waals surface area contributed by atoms with Crippen LogP contribution >= 0.6 is 184 Å². The normalized spacial score (nSPS) is 12.9. The highest BCUT2D eigenvalue weighted by Gasteiger charge is 2.39. The molecule has 0 bridgehead atoms. The first kappa shape index (κ1) is 101. The van der Waals surface area contributed by atoms with E-state index >= 15 is 0 Å². The summed E-state index contributed by atoms with van der Waals surface area (Å²) in [5.41, 5.74) is 8.00. The van der Waals surface area contributed by atoms with Gasteiger partial charge in [-0.25, -0.2) is 38.4 Å². The lowest BCUT2D eigenvalue weighted by atomic mass is 9.63. The Hall–Kier alpha value is -4.86. The van der Waals surface area contributed by atoms with Crippen LogP contribution < -0.4 is 25.3 Å². The number of carbonyl (C=O) groups excluding carboxylic acids is 8. The van der Waals surface area contributed by atoms with E-state index in [9.17, 15) is 48.6 Å². The lowest BCUT2D eigenvalue weighted by molar-refractivity contribution is -0.158. The predicted octanol–water partition coefficient (Wildman–Crippen LogP) is 24.4. The van der Waals surface area contributed by atoms with Crippen LogP contribution in [-0.2, 0) is 52.3 Å². The highest BCUT2D eigenvalue weighted by Crippen LogP contribution is 2.51. The number of nitrogen functional groups attached to an aromatic ring is 1. The number of rotatable bonds is 26. The third-order valence-electron chi connectivity index (χ3n) is 14.3. The van der Waals surface area contributed by atoms with Gasteiger partial charge in [-0.1, -0.05) is 79.7 Å². The minimum absolute atomic E-state index is 0.0667. The summed E-state index contributed by atoms with van der Waals surface area (Å²) >= 11 is 32.4. The van der Waals surface area contributed by atoms with Crippen molar-refractivity contribution in [3.63, 3.8) is 0 Å². The Morgan fingerprint density at radius 1 is 0.456 bits per heavy atom. The number of ether oxygens (including phenoxy) is 11. The molecule has 0 aliphatic heterocycles. The Morgan fingerprint density at radius 3 is 1.11 bits per heavy atom. The first-order valence-corrected chi connectivity index (χ1v) is 45.9. The Balaban J connectivity index is 0.000000318. The Labute approximate surface area is 753 Å². The number of aromatic hydroxyl groups is 2. The van der Waals surface area contributed by atoms with E-state index in [0.29, 0.717) is 100 Å². The van der Waals surface area contributed by atoms with Gasteiger partial charge in [0.2, 0.25) is 0 Å². The molecule has 1 saturated carbocycles. The standard InChI is InChI=1S/C30H42BrNO5S.C20H24BrNO5S.C14H18Br2O5S.C8H8Br2O3S.C6H4Br2O3S/c1-9-13-35-27(34)26-24(36-17-22(33)37-28(2,3)4)23(31)25(38-26)19-11-10-12-20(14-19)32-21-15-29(5,6)18-30(7,8)16-21;1-5-9-25-19(24)18-16(26-11-14(23)27-20(2,3)4)15(21)17(28-18)12-7-6-8-13(22)10-12;1-5-6-19-13(18)11-10(9(15)12(16)22-11)20-7-8(17)21-14(2,3)4;1-2-3-13-8(12)6-5(11)4(9)7(10)14-6;1-11-6(10)4-3(9)2(7)5(8)12-4/h10-12,14,21,32H,9,13,15-18H2,1-8H3;6-8,10H,5,9,11,22H2,1-4H3;5-7H2,1-4H3;11H,2-3H2,1H3;9H,1H3. The Bertz CT molecular complexity index is 4430. The maximum Gasteiger partial charge on any atom is 0.352 e. The predicted molar refractivity (Wildman–Crippen MR) is 478 cm³/mol. The van der Waals surface area contributed by atoms with Crippen LogP contribution in [0.2, 0.25) is 0 Å². The zero-order chi connectivity index (χ0) is 86.1. The summed E-state index contributed by atoms with van der Waals surface area (Å²) in [5, 5.41) is 22.6. The summed E-state index contributed by atoms with van der Waals surface area (Å²) in [6.07, 6.45) is 6.34. The van der Waals surface area contributed by atoms with Gasteiger partial charge in [0.15, 0.2) is 73.0 Å². The molecule has 5 aromatic heterocycles. The molecule has 0 saturated heterocycles. The van der Waals surface area contributed by atoms with Gasteiger partial charge >= 0.3 is 47.8 Å². The molecule has 0 radical (unpaired) electrons. The van der Waals surface area contributed by atoms with Gasteiger partial charge in [-0.05, 0) is 281 Å². The van der Waals surface area contributed by atoms with Crippen molar-refractivity contribution in [2.45, 2.75) is 185 Å². The molecule has 5 N–H and O–H groups in total. The molecule has 1 aliphatic rings. The quantitative estimate of drug-likeness (QED) is 0.0222. The number of halogens is 8. The highest BCUT2D eigenvalue weighted by atomic mass is 79.9. The van der Waals surface area contributed by atoms with Crippen molar-refractivity contribution in [2.75, 3.05) is 64.4 Å². The molecule has 0 atom stereocenters. The van der Waals surface area contributed by atoms with E-state index in [1.807, 2.05) is 52.0 Å². The minimum atomic E-state index is -0.628. The van der Waals surface area contributed by atoms with E-state index in [0.717, 1.165) is 74.9 Å². The molecule has 630 valence electrons. The van der Waals surface area contributed by atoms with Gasteiger partial charge in [-0.3, -0.25) is 0 Å². The molecule has 0 unspecified atom stereocenters. The molecule has 5 heterocycles. The Kier molecular flexibility index (Phi) is 41.5. The molecule has 36 heteroatoms. The van der Waals surface area contributed by atoms with Crippen LogP contribution in [0.15, 0.2) is 82.3 Å². The SMILES string of the molecule is CCCOC(=O)c1sc(-c2cccc(N)c2)c(Br)c1OCC(=O)OC(C)(C)C.CCCOC(=O)c1sc(-c2cccc(NC3CC(C)(C)CC(C)(C)C3)c2)c(Br)c1OCC(=O)OC(C)(C)C.CCCOC(=O)c1sc(Br)c(Br)c1O.CCCOC(=O)c1sc(Br)c(Br)c1OCC(=O)OC(C)(C)C.COC(=O)c1sc(Br)c(Br)c1O. The lowest BCUT2D eigenvalue weighted by Crippen LogP contribution is -2.40. The number of nitrogens with one attached hydrogen (secondary N) is 1.